The lowest BCUT2D eigenvalue weighted by Crippen LogP contribution is -1.90. The monoisotopic (exact) mass is 261 g/mol. The van der Waals surface area contributed by atoms with E-state index in [-0.39, 0.29) is 0 Å². The summed E-state index contributed by atoms with van der Waals surface area (Å²) in [6.07, 6.45) is 1.59. The summed E-state index contributed by atoms with van der Waals surface area (Å²) in [5.41, 5.74) is 1.53. The molecule has 1 heterocycles. The van der Waals surface area contributed by atoms with Crippen molar-refractivity contribution in [3.63, 3.8) is 0 Å². The maximum absolute atomic E-state index is 8.71. The molecule has 0 fully saturated rings. The van der Waals surface area contributed by atoms with Crippen LogP contribution in [0.15, 0.2) is 41.7 Å². The summed E-state index contributed by atoms with van der Waals surface area (Å²) >= 11 is 7.29. The maximum Gasteiger partial charge on any atom is 0.189 e. The number of nitriles is 1. The van der Waals surface area contributed by atoms with Crippen LogP contribution in [0, 0.1) is 11.3 Å². The van der Waals surface area contributed by atoms with Gasteiger partial charge in [0.05, 0.1) is 0 Å². The zero-order valence-electron chi connectivity index (χ0n) is 8.80. The van der Waals surface area contributed by atoms with Crippen LogP contribution in [0.3, 0.4) is 0 Å². The normalized spacial score (nSPS) is 9.88. The predicted octanol–water partition coefficient (Wildman–Crippen LogP) is 3.29. The van der Waals surface area contributed by atoms with Crippen LogP contribution in [0.4, 0.5) is 0 Å². The number of thioether (sulfide) groups is 1. The minimum absolute atomic E-state index is 0.388. The fraction of sp³-hybridized carbons (Fsp3) is 0.0833. The van der Waals surface area contributed by atoms with Crippen molar-refractivity contribution in [3.8, 4) is 6.07 Å². The second-order valence-electron chi connectivity index (χ2n) is 3.25. The molecule has 0 N–H and O–H groups in total. The van der Waals surface area contributed by atoms with Crippen molar-refractivity contribution in [2.45, 2.75) is 10.9 Å². The van der Waals surface area contributed by atoms with Gasteiger partial charge in [0.25, 0.3) is 0 Å². The smallest absolute Gasteiger partial charge is 0.189 e. The zero-order valence-corrected chi connectivity index (χ0v) is 10.4. The van der Waals surface area contributed by atoms with Crippen molar-refractivity contribution in [3.05, 3.63) is 52.8 Å². The Kier molecular flexibility index (Phi) is 3.97. The highest BCUT2D eigenvalue weighted by molar-refractivity contribution is 7.98. The van der Waals surface area contributed by atoms with Gasteiger partial charge in [0.2, 0.25) is 0 Å². The summed E-state index contributed by atoms with van der Waals surface area (Å²) in [6.45, 7) is 0. The van der Waals surface area contributed by atoms with Gasteiger partial charge >= 0.3 is 0 Å². The molecule has 0 bridgehead atoms. The summed E-state index contributed by atoms with van der Waals surface area (Å²) in [6, 6.07) is 11.2. The van der Waals surface area contributed by atoms with E-state index in [1.54, 1.807) is 12.3 Å². The van der Waals surface area contributed by atoms with Crippen LogP contribution in [0.5, 0.6) is 0 Å². The predicted molar refractivity (Wildman–Crippen MR) is 67.8 cm³/mol. The maximum atomic E-state index is 8.71. The lowest BCUT2D eigenvalue weighted by Gasteiger charge is -2.00. The van der Waals surface area contributed by atoms with Crippen molar-refractivity contribution < 1.29 is 0 Å². The number of hydrogen-bond acceptors (Lipinski definition) is 4. The van der Waals surface area contributed by atoms with Crippen LogP contribution >= 0.6 is 23.4 Å². The van der Waals surface area contributed by atoms with Crippen LogP contribution in [0.1, 0.15) is 11.3 Å². The standard InChI is InChI=1S/C12H8ClN3S/c13-10-3-1-9(2-4-10)8-17-12-15-6-5-11(7-14)16-12/h1-6H,8H2. The van der Waals surface area contributed by atoms with Gasteiger partial charge in [-0.15, -0.1) is 0 Å². The van der Waals surface area contributed by atoms with Crippen LogP contribution < -0.4 is 0 Å². The van der Waals surface area contributed by atoms with Crippen molar-refractivity contribution in [1.82, 2.24) is 9.97 Å². The van der Waals surface area contributed by atoms with Crippen LogP contribution in [0.2, 0.25) is 5.02 Å². The van der Waals surface area contributed by atoms with Gasteiger partial charge in [-0.2, -0.15) is 5.26 Å². The van der Waals surface area contributed by atoms with Gasteiger partial charge < -0.3 is 0 Å². The van der Waals surface area contributed by atoms with Crippen LogP contribution in [-0.4, -0.2) is 9.97 Å². The molecule has 2 rings (SSSR count). The molecule has 84 valence electrons. The highest BCUT2D eigenvalue weighted by atomic mass is 35.5. The third-order valence-electron chi connectivity index (χ3n) is 2.03. The Bertz CT molecular complexity index is 548. The van der Waals surface area contributed by atoms with Gasteiger partial charge in [0.1, 0.15) is 11.8 Å². The Labute approximate surface area is 108 Å². The van der Waals surface area contributed by atoms with E-state index in [1.165, 1.54) is 11.8 Å². The molecule has 0 unspecified atom stereocenters. The first-order valence-corrected chi connectivity index (χ1v) is 6.24. The van der Waals surface area contributed by atoms with Gasteiger partial charge in [-0.25, -0.2) is 9.97 Å². The lowest BCUT2D eigenvalue weighted by atomic mass is 10.2. The van der Waals surface area contributed by atoms with Crippen molar-refractivity contribution in [2.75, 3.05) is 0 Å². The summed E-state index contributed by atoms with van der Waals surface area (Å²) in [7, 11) is 0. The highest BCUT2D eigenvalue weighted by Crippen LogP contribution is 2.20. The molecule has 0 aliphatic rings. The van der Waals surface area contributed by atoms with E-state index in [0.29, 0.717) is 10.9 Å². The van der Waals surface area contributed by atoms with E-state index < -0.39 is 0 Å². The molecule has 1 aromatic carbocycles. The van der Waals surface area contributed by atoms with Gasteiger partial charge in [0, 0.05) is 17.0 Å². The molecule has 0 spiro atoms. The number of halogens is 1. The Morgan fingerprint density at radius 2 is 2.00 bits per heavy atom. The van der Waals surface area contributed by atoms with Gasteiger partial charge in [0.15, 0.2) is 5.16 Å². The van der Waals surface area contributed by atoms with Crippen molar-refractivity contribution >= 4 is 23.4 Å². The SMILES string of the molecule is N#Cc1ccnc(SCc2ccc(Cl)cc2)n1. The molecule has 17 heavy (non-hydrogen) atoms. The molecule has 0 aliphatic heterocycles. The Balaban J connectivity index is 2.02. The van der Waals surface area contributed by atoms with Crippen LogP contribution in [-0.2, 0) is 5.75 Å². The average Bonchev–Trinajstić information content (AvgIpc) is 2.38. The fourth-order valence-corrected chi connectivity index (χ4v) is 2.11. The Morgan fingerprint density at radius 3 is 2.71 bits per heavy atom. The number of nitrogens with zero attached hydrogens (tertiary/aromatic N) is 3. The molecular weight excluding hydrogens is 254 g/mol. The van der Waals surface area contributed by atoms with E-state index in [0.717, 1.165) is 16.3 Å². The molecule has 2 aromatic rings. The molecular formula is C12H8ClN3S. The molecule has 0 aliphatic carbocycles. The highest BCUT2D eigenvalue weighted by Gasteiger charge is 2.00. The zero-order chi connectivity index (χ0) is 12.1. The van der Waals surface area contributed by atoms with Gasteiger partial charge in [-0.1, -0.05) is 35.5 Å². The second kappa shape index (κ2) is 5.67. The Hall–Kier alpha value is -1.57. The van der Waals surface area contributed by atoms with E-state index in [2.05, 4.69) is 9.97 Å². The number of aromatic nitrogens is 2. The van der Waals surface area contributed by atoms with Crippen molar-refractivity contribution in [1.29, 1.82) is 5.26 Å². The largest absolute Gasteiger partial charge is 0.231 e. The number of benzene rings is 1. The molecule has 0 saturated carbocycles. The minimum atomic E-state index is 0.388. The molecule has 0 atom stereocenters. The van der Waals surface area contributed by atoms with Crippen molar-refractivity contribution in [2.24, 2.45) is 0 Å². The summed E-state index contributed by atoms with van der Waals surface area (Å²) < 4.78 is 0. The second-order valence-corrected chi connectivity index (χ2v) is 4.63. The molecule has 5 heteroatoms. The fourth-order valence-electron chi connectivity index (χ4n) is 1.20. The molecule has 0 amide bonds. The molecule has 0 saturated heterocycles. The van der Waals surface area contributed by atoms with Crippen LogP contribution in [0.25, 0.3) is 0 Å². The first-order valence-electron chi connectivity index (χ1n) is 4.88. The topological polar surface area (TPSA) is 49.6 Å². The number of rotatable bonds is 3. The first-order chi connectivity index (χ1) is 8.28. The third-order valence-corrected chi connectivity index (χ3v) is 3.21. The molecule has 1 aromatic heterocycles. The van der Waals surface area contributed by atoms with E-state index in [1.807, 2.05) is 30.3 Å². The molecule has 0 radical (unpaired) electrons. The minimum Gasteiger partial charge on any atom is -0.231 e. The summed E-state index contributed by atoms with van der Waals surface area (Å²) in [5, 5.41) is 10.0. The summed E-state index contributed by atoms with van der Waals surface area (Å²) in [5.74, 6) is 0.756. The average molecular weight is 262 g/mol. The Morgan fingerprint density at radius 1 is 1.24 bits per heavy atom. The lowest BCUT2D eigenvalue weighted by molar-refractivity contribution is 0.952. The van der Waals surface area contributed by atoms with E-state index in [4.69, 9.17) is 16.9 Å². The van der Waals surface area contributed by atoms with Gasteiger partial charge in [-0.05, 0) is 23.8 Å². The van der Waals surface area contributed by atoms with E-state index in [9.17, 15) is 0 Å². The number of hydrogen-bond donors (Lipinski definition) is 0. The van der Waals surface area contributed by atoms with E-state index >= 15 is 0 Å². The summed E-state index contributed by atoms with van der Waals surface area (Å²) in [4.78, 5) is 8.18. The van der Waals surface area contributed by atoms with Gasteiger partial charge in [-0.3, -0.25) is 0 Å². The molecule has 3 nitrogen and oxygen atoms in total. The third kappa shape index (κ3) is 3.45. The quantitative estimate of drug-likeness (QED) is 0.628. The first kappa shape index (κ1) is 11.9.